The van der Waals surface area contributed by atoms with Gasteiger partial charge in [-0.25, -0.2) is 0 Å². The first-order valence-electron chi connectivity index (χ1n) is 6.38. The van der Waals surface area contributed by atoms with Crippen LogP contribution in [0.2, 0.25) is 0 Å². The van der Waals surface area contributed by atoms with Gasteiger partial charge in [-0.15, -0.1) is 32.9 Å². The van der Waals surface area contributed by atoms with Gasteiger partial charge >= 0.3 is 0 Å². The van der Waals surface area contributed by atoms with E-state index in [1.54, 1.807) is 29.0 Å². The van der Waals surface area contributed by atoms with Gasteiger partial charge in [0.05, 0.1) is 0 Å². The number of nitrogens with zero attached hydrogens (tertiary/aromatic N) is 3. The van der Waals surface area contributed by atoms with Gasteiger partial charge in [-0.2, -0.15) is 0 Å². The molecule has 3 aromatic rings. The fourth-order valence-corrected chi connectivity index (χ4v) is 3.52. The van der Waals surface area contributed by atoms with E-state index >= 15 is 0 Å². The second kappa shape index (κ2) is 6.15. The summed E-state index contributed by atoms with van der Waals surface area (Å²) in [5.41, 5.74) is 1.13. The highest BCUT2D eigenvalue weighted by Gasteiger charge is 2.06. The number of hydrogen-bond acceptors (Lipinski definition) is 5. The number of thiazole rings is 1. The third-order valence-corrected chi connectivity index (χ3v) is 4.82. The SMILES string of the molecule is O=C(CCc1cccs1)NCCc1csc2nncn12. The van der Waals surface area contributed by atoms with Crippen LogP contribution in [0.5, 0.6) is 0 Å². The van der Waals surface area contributed by atoms with E-state index in [1.807, 2.05) is 15.8 Å². The van der Waals surface area contributed by atoms with Crippen molar-refractivity contribution in [3.8, 4) is 0 Å². The van der Waals surface area contributed by atoms with Crippen molar-refractivity contribution in [2.45, 2.75) is 19.3 Å². The van der Waals surface area contributed by atoms with E-state index in [1.165, 1.54) is 4.88 Å². The highest BCUT2D eigenvalue weighted by atomic mass is 32.1. The van der Waals surface area contributed by atoms with E-state index in [0.29, 0.717) is 13.0 Å². The topological polar surface area (TPSA) is 59.3 Å². The van der Waals surface area contributed by atoms with Crippen LogP contribution in [0.1, 0.15) is 17.0 Å². The maximum absolute atomic E-state index is 11.7. The first-order valence-corrected chi connectivity index (χ1v) is 8.14. The summed E-state index contributed by atoms with van der Waals surface area (Å²) in [5.74, 6) is 0.105. The molecule has 3 aromatic heterocycles. The molecule has 0 bridgehead atoms. The maximum Gasteiger partial charge on any atom is 0.220 e. The van der Waals surface area contributed by atoms with Crippen LogP contribution in [0.15, 0.2) is 29.2 Å². The largest absolute Gasteiger partial charge is 0.356 e. The third-order valence-electron chi connectivity index (χ3n) is 3.01. The smallest absolute Gasteiger partial charge is 0.220 e. The molecule has 20 heavy (non-hydrogen) atoms. The van der Waals surface area contributed by atoms with Crippen LogP contribution in [0.4, 0.5) is 0 Å². The van der Waals surface area contributed by atoms with Gasteiger partial charge in [-0.3, -0.25) is 9.20 Å². The summed E-state index contributed by atoms with van der Waals surface area (Å²) in [6, 6.07) is 4.07. The number of aromatic nitrogens is 3. The normalized spacial score (nSPS) is 11.0. The summed E-state index contributed by atoms with van der Waals surface area (Å²) in [7, 11) is 0. The molecule has 0 saturated heterocycles. The van der Waals surface area contributed by atoms with Gasteiger partial charge in [-0.1, -0.05) is 6.07 Å². The Kier molecular flexibility index (Phi) is 4.08. The molecule has 5 nitrogen and oxygen atoms in total. The molecule has 0 fully saturated rings. The average Bonchev–Trinajstić information content (AvgIpc) is 3.15. The monoisotopic (exact) mass is 306 g/mol. The van der Waals surface area contributed by atoms with Crippen molar-refractivity contribution in [3.63, 3.8) is 0 Å². The Hall–Kier alpha value is -1.73. The Balaban J connectivity index is 1.43. The summed E-state index contributed by atoms with van der Waals surface area (Å²) in [6.45, 7) is 0.646. The van der Waals surface area contributed by atoms with E-state index in [2.05, 4.69) is 27.0 Å². The molecule has 0 spiro atoms. The van der Waals surface area contributed by atoms with E-state index in [9.17, 15) is 4.79 Å². The number of rotatable bonds is 6. The molecule has 3 heterocycles. The van der Waals surface area contributed by atoms with Crippen LogP contribution in [-0.2, 0) is 17.6 Å². The standard InChI is InChI=1S/C13H14N4OS2/c18-12(4-3-11-2-1-7-19-11)14-6-5-10-8-20-13-16-15-9-17(10)13/h1-2,7-9H,3-6H2,(H,14,18). The molecule has 0 atom stereocenters. The van der Waals surface area contributed by atoms with Crippen molar-refractivity contribution in [1.29, 1.82) is 0 Å². The van der Waals surface area contributed by atoms with Crippen LogP contribution in [0.3, 0.4) is 0 Å². The summed E-state index contributed by atoms with van der Waals surface area (Å²) < 4.78 is 1.96. The molecule has 0 unspecified atom stereocenters. The summed E-state index contributed by atoms with van der Waals surface area (Å²) in [5, 5.41) is 14.9. The second-order valence-electron chi connectivity index (χ2n) is 4.39. The lowest BCUT2D eigenvalue weighted by Crippen LogP contribution is -2.26. The first-order chi connectivity index (χ1) is 9.83. The van der Waals surface area contributed by atoms with Gasteiger partial charge in [-0.05, 0) is 17.9 Å². The minimum absolute atomic E-state index is 0.105. The molecule has 1 N–H and O–H groups in total. The molecule has 0 radical (unpaired) electrons. The Morgan fingerprint density at radius 3 is 3.15 bits per heavy atom. The van der Waals surface area contributed by atoms with Crippen LogP contribution in [-0.4, -0.2) is 27.0 Å². The molecule has 0 saturated carbocycles. The van der Waals surface area contributed by atoms with E-state index in [0.717, 1.165) is 23.5 Å². The number of nitrogens with one attached hydrogen (secondary N) is 1. The minimum atomic E-state index is 0.105. The molecule has 0 aliphatic rings. The van der Waals surface area contributed by atoms with Crippen molar-refractivity contribution in [2.75, 3.05) is 6.54 Å². The van der Waals surface area contributed by atoms with Crippen LogP contribution in [0, 0.1) is 0 Å². The van der Waals surface area contributed by atoms with Crippen LogP contribution in [0.25, 0.3) is 4.96 Å². The molecular weight excluding hydrogens is 292 g/mol. The molecular formula is C13H14N4OS2. The fourth-order valence-electron chi connectivity index (χ4n) is 1.97. The van der Waals surface area contributed by atoms with Gasteiger partial charge in [0.25, 0.3) is 0 Å². The number of carbonyl (C=O) groups is 1. The lowest BCUT2D eigenvalue weighted by Gasteiger charge is -2.04. The molecule has 104 valence electrons. The van der Waals surface area contributed by atoms with Crippen LogP contribution >= 0.6 is 22.7 Å². The van der Waals surface area contributed by atoms with Gasteiger partial charge in [0.1, 0.15) is 6.33 Å². The van der Waals surface area contributed by atoms with Crippen LogP contribution < -0.4 is 5.32 Å². The first kappa shape index (κ1) is 13.3. The summed E-state index contributed by atoms with van der Waals surface area (Å²) in [6.07, 6.45) is 3.87. The van der Waals surface area contributed by atoms with Crippen molar-refractivity contribution in [2.24, 2.45) is 0 Å². The molecule has 0 aromatic carbocycles. The number of amides is 1. The number of carbonyl (C=O) groups excluding carboxylic acids is 1. The van der Waals surface area contributed by atoms with Gasteiger partial charge < -0.3 is 5.32 Å². The third kappa shape index (κ3) is 3.05. The number of aryl methyl sites for hydroxylation is 1. The Bertz CT molecular complexity index is 686. The summed E-state index contributed by atoms with van der Waals surface area (Å²) in [4.78, 5) is 13.9. The maximum atomic E-state index is 11.7. The average molecular weight is 306 g/mol. The summed E-state index contributed by atoms with van der Waals surface area (Å²) >= 11 is 3.26. The van der Waals surface area contributed by atoms with E-state index < -0.39 is 0 Å². The highest BCUT2D eigenvalue weighted by molar-refractivity contribution is 7.15. The predicted molar refractivity (Wildman–Crippen MR) is 80.2 cm³/mol. The van der Waals surface area contributed by atoms with Crippen molar-refractivity contribution >= 4 is 33.5 Å². The Labute approximate surface area is 124 Å². The Morgan fingerprint density at radius 1 is 1.35 bits per heavy atom. The van der Waals surface area contributed by atoms with Gasteiger partial charge in [0.2, 0.25) is 10.9 Å². The van der Waals surface area contributed by atoms with Gasteiger partial charge in [0, 0.05) is 35.3 Å². The zero-order valence-corrected chi connectivity index (χ0v) is 12.4. The quantitative estimate of drug-likeness (QED) is 0.759. The second-order valence-corrected chi connectivity index (χ2v) is 6.26. The predicted octanol–water partition coefficient (Wildman–Crippen LogP) is 2.14. The van der Waals surface area contributed by atoms with Crippen molar-refractivity contribution in [1.82, 2.24) is 19.9 Å². The highest BCUT2D eigenvalue weighted by Crippen LogP contribution is 2.13. The lowest BCUT2D eigenvalue weighted by molar-refractivity contribution is -0.121. The van der Waals surface area contributed by atoms with E-state index in [4.69, 9.17) is 0 Å². The zero-order chi connectivity index (χ0) is 13.8. The fraction of sp³-hybridized carbons (Fsp3) is 0.308. The van der Waals surface area contributed by atoms with Crippen molar-refractivity contribution in [3.05, 3.63) is 39.8 Å². The Morgan fingerprint density at radius 2 is 2.30 bits per heavy atom. The molecule has 0 aliphatic carbocycles. The van der Waals surface area contributed by atoms with Crippen molar-refractivity contribution < 1.29 is 4.79 Å². The lowest BCUT2D eigenvalue weighted by atomic mass is 10.2. The number of thiophene rings is 1. The van der Waals surface area contributed by atoms with Gasteiger partial charge in [0.15, 0.2) is 0 Å². The molecule has 0 aliphatic heterocycles. The zero-order valence-electron chi connectivity index (χ0n) is 10.8. The minimum Gasteiger partial charge on any atom is -0.356 e. The molecule has 1 amide bonds. The molecule has 3 rings (SSSR count). The van der Waals surface area contributed by atoms with E-state index in [-0.39, 0.29) is 5.91 Å². The number of fused-ring (bicyclic) bond motifs is 1. The molecule has 7 heteroatoms. The number of hydrogen-bond donors (Lipinski definition) is 1.